The minimum Gasteiger partial charge on any atom is -0.459 e. The zero-order valence-corrected chi connectivity index (χ0v) is 20.7. The Morgan fingerprint density at radius 2 is 1.68 bits per heavy atom. The third-order valence-electron chi connectivity index (χ3n) is 5.79. The monoisotopic (exact) mass is 474 g/mol. The van der Waals surface area contributed by atoms with Crippen LogP contribution in [-0.2, 0) is 14.3 Å². The Morgan fingerprint density at radius 1 is 1.03 bits per heavy atom. The van der Waals surface area contributed by atoms with Crippen LogP contribution in [0.25, 0.3) is 22.9 Å². The van der Waals surface area contributed by atoms with Gasteiger partial charge >= 0.3 is 5.97 Å². The topological polar surface area (TPSA) is 60.3 Å². The van der Waals surface area contributed by atoms with Gasteiger partial charge in [0.25, 0.3) is 0 Å². The van der Waals surface area contributed by atoms with E-state index in [4.69, 9.17) is 16.3 Å². The number of ketones is 1. The fourth-order valence-corrected chi connectivity index (χ4v) is 4.52. The molecule has 0 amide bonds. The van der Waals surface area contributed by atoms with E-state index in [2.05, 4.69) is 22.0 Å². The van der Waals surface area contributed by atoms with Crippen molar-refractivity contribution < 1.29 is 14.3 Å². The second-order valence-electron chi connectivity index (χ2n) is 8.63. The minimum absolute atomic E-state index is 0.0535. The van der Waals surface area contributed by atoms with Crippen LogP contribution in [0.4, 0.5) is 0 Å². The number of hydrogen-bond donors (Lipinski definition) is 1. The number of nitrogens with one attached hydrogen (secondary N) is 1. The molecule has 4 rings (SSSR count). The molecular weight excluding hydrogens is 448 g/mol. The fourth-order valence-electron chi connectivity index (χ4n) is 4.28. The van der Waals surface area contributed by atoms with Crippen LogP contribution >= 0.6 is 11.6 Å². The minimum atomic E-state index is -0.604. The van der Waals surface area contributed by atoms with Crippen LogP contribution < -0.4 is 5.32 Å². The largest absolute Gasteiger partial charge is 0.459 e. The highest BCUT2D eigenvalue weighted by molar-refractivity contribution is 6.33. The third kappa shape index (κ3) is 4.31. The van der Waals surface area contributed by atoms with Gasteiger partial charge in [-0.25, -0.2) is 4.79 Å². The van der Waals surface area contributed by atoms with Crippen LogP contribution in [0.5, 0.6) is 0 Å². The average molecular weight is 475 g/mol. The molecule has 0 radical (unpaired) electrons. The van der Waals surface area contributed by atoms with E-state index in [1.54, 1.807) is 26.8 Å². The highest BCUT2D eigenvalue weighted by Gasteiger charge is 2.32. The van der Waals surface area contributed by atoms with E-state index < -0.39 is 5.97 Å². The number of nitrogens with zero attached hydrogens (tertiary/aromatic N) is 1. The maximum atomic E-state index is 13.0. The molecule has 0 spiro atoms. The van der Waals surface area contributed by atoms with Gasteiger partial charge in [-0.15, -0.1) is 0 Å². The van der Waals surface area contributed by atoms with Gasteiger partial charge < -0.3 is 14.6 Å². The summed E-state index contributed by atoms with van der Waals surface area (Å²) >= 11 is 6.51. The molecule has 0 unspecified atom stereocenters. The molecule has 0 saturated carbocycles. The number of rotatable bonds is 5. The van der Waals surface area contributed by atoms with Gasteiger partial charge in [-0.2, -0.15) is 0 Å². The number of carbonyl (C=O) groups excluding carboxylic acids is 2. The van der Waals surface area contributed by atoms with Crippen LogP contribution in [0.2, 0.25) is 5.02 Å². The number of hydrogen-bond acceptors (Lipinski definition) is 4. The number of benzene rings is 2. The van der Waals surface area contributed by atoms with Crippen molar-refractivity contribution in [2.45, 2.75) is 40.7 Å². The Balaban J connectivity index is 1.74. The standard InChI is InChI=1S/C28H27ClN2O3/c1-16(2)34-28(33)26-18(4)30-24(27(26)32)15-20-14-17(3)31(19(20)5)25-13-9-7-11-22(25)21-10-6-8-12-23(21)29/h6-16,30H,1-5H3. The molecule has 0 atom stereocenters. The normalized spacial score (nSPS) is 14.8. The maximum Gasteiger partial charge on any atom is 0.344 e. The van der Waals surface area contributed by atoms with Crippen molar-refractivity contribution in [3.8, 4) is 16.8 Å². The highest BCUT2D eigenvalue weighted by atomic mass is 35.5. The molecule has 2 aromatic carbocycles. The van der Waals surface area contributed by atoms with E-state index in [1.165, 1.54) is 0 Å². The Kier molecular flexibility index (Phi) is 6.49. The van der Waals surface area contributed by atoms with E-state index in [0.717, 1.165) is 33.8 Å². The van der Waals surface area contributed by atoms with Gasteiger partial charge in [0.1, 0.15) is 5.57 Å². The molecule has 0 bridgehead atoms. The summed E-state index contributed by atoms with van der Waals surface area (Å²) < 4.78 is 7.39. The maximum absolute atomic E-state index is 13.0. The summed E-state index contributed by atoms with van der Waals surface area (Å²) in [7, 11) is 0. The Labute approximate surface area is 204 Å². The number of aryl methyl sites for hydroxylation is 1. The summed E-state index contributed by atoms with van der Waals surface area (Å²) in [5.41, 5.74) is 6.73. The first-order chi connectivity index (χ1) is 16.2. The van der Waals surface area contributed by atoms with E-state index in [-0.39, 0.29) is 17.5 Å². The number of carbonyl (C=O) groups is 2. The SMILES string of the molecule is CC1=C(C(=O)OC(C)C)C(=O)C(=Cc2cc(C)n(-c3ccccc3-c3ccccc3Cl)c2C)N1. The molecule has 0 saturated heterocycles. The zero-order valence-electron chi connectivity index (χ0n) is 19.9. The fraction of sp³-hybridized carbons (Fsp3) is 0.214. The van der Waals surface area contributed by atoms with Crippen LogP contribution in [0.15, 0.2) is 71.6 Å². The van der Waals surface area contributed by atoms with Gasteiger partial charge in [0, 0.05) is 33.2 Å². The summed E-state index contributed by atoms with van der Waals surface area (Å²) in [6.45, 7) is 9.26. The Bertz CT molecular complexity index is 1360. The van der Waals surface area contributed by atoms with E-state index in [1.807, 2.05) is 56.3 Å². The van der Waals surface area contributed by atoms with E-state index >= 15 is 0 Å². The van der Waals surface area contributed by atoms with Crippen LogP contribution in [-0.4, -0.2) is 22.4 Å². The summed E-state index contributed by atoms with van der Waals surface area (Å²) in [5, 5.41) is 3.74. The second kappa shape index (κ2) is 9.35. The molecule has 174 valence electrons. The number of halogens is 1. The first-order valence-electron chi connectivity index (χ1n) is 11.2. The smallest absolute Gasteiger partial charge is 0.344 e. The van der Waals surface area contributed by atoms with Crippen molar-refractivity contribution in [3.63, 3.8) is 0 Å². The van der Waals surface area contributed by atoms with Crippen LogP contribution in [0, 0.1) is 13.8 Å². The molecule has 0 fully saturated rings. The number of ether oxygens (including phenoxy) is 1. The predicted octanol–water partition coefficient (Wildman–Crippen LogP) is 6.15. The summed E-state index contributed by atoms with van der Waals surface area (Å²) in [4.78, 5) is 25.4. The molecule has 1 aromatic heterocycles. The van der Waals surface area contributed by atoms with Crippen molar-refractivity contribution >= 4 is 29.4 Å². The zero-order chi connectivity index (χ0) is 24.6. The molecule has 1 aliphatic rings. The van der Waals surface area contributed by atoms with Gasteiger partial charge in [0.15, 0.2) is 0 Å². The van der Waals surface area contributed by atoms with Gasteiger partial charge in [-0.05, 0) is 64.5 Å². The summed E-state index contributed by atoms with van der Waals surface area (Å²) in [6, 6.07) is 17.9. The van der Waals surface area contributed by atoms with E-state index in [9.17, 15) is 9.59 Å². The molecule has 5 nitrogen and oxygen atoms in total. The first-order valence-corrected chi connectivity index (χ1v) is 11.5. The second-order valence-corrected chi connectivity index (χ2v) is 9.03. The molecule has 3 aromatic rings. The van der Waals surface area contributed by atoms with Gasteiger partial charge in [-0.1, -0.05) is 48.0 Å². The van der Waals surface area contributed by atoms with Crippen molar-refractivity contribution in [1.29, 1.82) is 0 Å². The number of aromatic nitrogens is 1. The van der Waals surface area contributed by atoms with Crippen LogP contribution in [0.3, 0.4) is 0 Å². The summed E-state index contributed by atoms with van der Waals surface area (Å²) in [5.74, 6) is -0.961. The van der Waals surface area contributed by atoms with Gasteiger partial charge in [0.05, 0.1) is 17.5 Å². The van der Waals surface area contributed by atoms with Crippen LogP contribution in [0.1, 0.15) is 37.7 Å². The van der Waals surface area contributed by atoms with Gasteiger partial charge in [-0.3, -0.25) is 4.79 Å². The lowest BCUT2D eigenvalue weighted by Crippen LogP contribution is -2.18. The number of allylic oxidation sites excluding steroid dienone is 2. The first kappa shape index (κ1) is 23.6. The van der Waals surface area contributed by atoms with Crippen molar-refractivity contribution in [1.82, 2.24) is 9.88 Å². The molecule has 0 aliphatic carbocycles. The number of Topliss-reactive ketones (excluding diaryl/α,β-unsaturated/α-hetero) is 1. The lowest BCUT2D eigenvalue weighted by molar-refractivity contribution is -0.143. The molecule has 1 aliphatic heterocycles. The highest BCUT2D eigenvalue weighted by Crippen LogP contribution is 2.35. The molecule has 2 heterocycles. The van der Waals surface area contributed by atoms with Crippen molar-refractivity contribution in [2.24, 2.45) is 0 Å². The van der Waals surface area contributed by atoms with E-state index in [0.29, 0.717) is 16.4 Å². The quantitative estimate of drug-likeness (QED) is 0.273. The predicted molar refractivity (Wildman–Crippen MR) is 136 cm³/mol. The molecular formula is C28H27ClN2O3. The Morgan fingerprint density at radius 3 is 2.35 bits per heavy atom. The molecule has 6 heteroatoms. The summed E-state index contributed by atoms with van der Waals surface area (Å²) in [6.07, 6.45) is 1.49. The number of para-hydroxylation sites is 1. The lowest BCUT2D eigenvalue weighted by Gasteiger charge is -2.16. The van der Waals surface area contributed by atoms with Crippen molar-refractivity contribution in [3.05, 3.63) is 93.5 Å². The average Bonchev–Trinajstić information content (AvgIpc) is 3.22. The third-order valence-corrected chi connectivity index (χ3v) is 6.12. The number of esters is 1. The Hall–Kier alpha value is -3.57. The van der Waals surface area contributed by atoms with Crippen molar-refractivity contribution in [2.75, 3.05) is 0 Å². The lowest BCUT2D eigenvalue weighted by atomic mass is 10.0. The molecule has 34 heavy (non-hydrogen) atoms. The van der Waals surface area contributed by atoms with Gasteiger partial charge in [0.2, 0.25) is 5.78 Å². The molecule has 1 N–H and O–H groups in total.